The first-order chi connectivity index (χ1) is 9.31. The third-order valence-electron chi connectivity index (χ3n) is 3.29. The van der Waals surface area contributed by atoms with Crippen LogP contribution >= 0.6 is 0 Å². The van der Waals surface area contributed by atoms with Gasteiger partial charge in [0.15, 0.2) is 0 Å². The molecule has 110 valence electrons. The lowest BCUT2D eigenvalue weighted by Gasteiger charge is -2.31. The number of halogens is 3. The van der Waals surface area contributed by atoms with Gasteiger partial charge >= 0.3 is 6.18 Å². The zero-order valence-electron chi connectivity index (χ0n) is 10.7. The van der Waals surface area contributed by atoms with Gasteiger partial charge in [-0.25, -0.2) is 0 Å². The van der Waals surface area contributed by atoms with Crippen LogP contribution in [0.1, 0.15) is 18.4 Å². The minimum absolute atomic E-state index is 0.0844. The molecule has 20 heavy (non-hydrogen) atoms. The Kier molecular flexibility index (Phi) is 4.01. The molecule has 1 saturated heterocycles. The van der Waals surface area contributed by atoms with Gasteiger partial charge in [-0.05, 0) is 31.0 Å². The van der Waals surface area contributed by atoms with E-state index in [4.69, 9.17) is 10.5 Å². The van der Waals surface area contributed by atoms with Crippen molar-refractivity contribution in [2.45, 2.75) is 24.6 Å². The summed E-state index contributed by atoms with van der Waals surface area (Å²) in [4.78, 5) is 12.1. The number of amides is 1. The second kappa shape index (κ2) is 5.41. The Morgan fingerprint density at radius 3 is 2.55 bits per heavy atom. The average Bonchev–Trinajstić information content (AvgIpc) is 2.39. The smallest absolute Gasteiger partial charge is 0.381 e. The van der Waals surface area contributed by atoms with Gasteiger partial charge < -0.3 is 15.8 Å². The summed E-state index contributed by atoms with van der Waals surface area (Å²) in [5, 5.41) is 2.45. The number of hydrogen-bond acceptors (Lipinski definition) is 3. The fourth-order valence-electron chi connectivity index (χ4n) is 1.99. The summed E-state index contributed by atoms with van der Waals surface area (Å²) in [5.41, 5.74) is 4.14. The van der Waals surface area contributed by atoms with Gasteiger partial charge in [0.2, 0.25) is 5.91 Å². The fraction of sp³-hybridized carbons (Fsp3) is 0.462. The minimum atomic E-state index is -4.44. The third kappa shape index (κ3) is 3.29. The van der Waals surface area contributed by atoms with Gasteiger partial charge in [-0.15, -0.1) is 0 Å². The molecule has 3 N–H and O–H groups in total. The van der Waals surface area contributed by atoms with Crippen LogP contribution in [0.2, 0.25) is 0 Å². The van der Waals surface area contributed by atoms with Gasteiger partial charge in [-0.1, -0.05) is 6.07 Å². The maximum atomic E-state index is 12.6. The molecule has 0 aliphatic carbocycles. The number of anilines is 1. The van der Waals surface area contributed by atoms with Crippen LogP contribution in [0.25, 0.3) is 0 Å². The molecule has 0 saturated carbocycles. The minimum Gasteiger partial charge on any atom is -0.381 e. The molecule has 1 aromatic carbocycles. The molecule has 1 fully saturated rings. The quantitative estimate of drug-likeness (QED) is 0.876. The van der Waals surface area contributed by atoms with E-state index in [1.165, 1.54) is 12.1 Å². The molecule has 1 aliphatic heterocycles. The Morgan fingerprint density at radius 2 is 1.95 bits per heavy atom. The number of carbonyl (C=O) groups excluding carboxylic acids is 1. The predicted molar refractivity (Wildman–Crippen MR) is 67.0 cm³/mol. The number of alkyl halides is 3. The van der Waals surface area contributed by atoms with Crippen LogP contribution in [0.4, 0.5) is 18.9 Å². The Labute approximate surface area is 114 Å². The monoisotopic (exact) mass is 288 g/mol. The number of nitrogens with two attached hydrogens (primary N) is 1. The van der Waals surface area contributed by atoms with Crippen molar-refractivity contribution in [3.05, 3.63) is 29.8 Å². The summed E-state index contributed by atoms with van der Waals surface area (Å²) in [7, 11) is 0. The summed E-state index contributed by atoms with van der Waals surface area (Å²) < 4.78 is 42.9. The third-order valence-corrected chi connectivity index (χ3v) is 3.29. The number of carbonyl (C=O) groups is 1. The molecule has 0 atom stereocenters. The van der Waals surface area contributed by atoms with Crippen molar-refractivity contribution in [2.24, 2.45) is 5.73 Å². The van der Waals surface area contributed by atoms with E-state index in [0.717, 1.165) is 12.1 Å². The highest BCUT2D eigenvalue weighted by atomic mass is 19.4. The summed E-state index contributed by atoms with van der Waals surface area (Å²) in [5.74, 6) is -0.486. The molecule has 2 rings (SSSR count). The van der Waals surface area contributed by atoms with Crippen LogP contribution in [0.15, 0.2) is 24.3 Å². The second-order valence-corrected chi connectivity index (χ2v) is 4.80. The molecule has 1 aliphatic rings. The summed E-state index contributed by atoms with van der Waals surface area (Å²) >= 11 is 0. The van der Waals surface area contributed by atoms with Crippen LogP contribution in [-0.4, -0.2) is 24.7 Å². The SMILES string of the molecule is NC1(C(=O)Nc2cccc(C(F)(F)F)c2)CCOCC1. The molecular weight excluding hydrogens is 273 g/mol. The van der Waals surface area contributed by atoms with Crippen LogP contribution in [0.5, 0.6) is 0 Å². The van der Waals surface area contributed by atoms with Crippen molar-refractivity contribution in [1.29, 1.82) is 0 Å². The van der Waals surface area contributed by atoms with E-state index in [2.05, 4.69) is 5.32 Å². The first-order valence-corrected chi connectivity index (χ1v) is 6.17. The summed E-state index contributed by atoms with van der Waals surface area (Å²) in [6, 6.07) is 4.48. The lowest BCUT2D eigenvalue weighted by atomic mass is 9.90. The number of ether oxygens (including phenoxy) is 1. The summed E-state index contributed by atoms with van der Waals surface area (Å²) in [6.45, 7) is 0.735. The maximum absolute atomic E-state index is 12.6. The lowest BCUT2D eigenvalue weighted by molar-refractivity contribution is -0.137. The molecule has 0 bridgehead atoms. The van der Waals surface area contributed by atoms with Crippen molar-refractivity contribution in [1.82, 2.24) is 0 Å². The predicted octanol–water partition coefficient (Wildman–Crippen LogP) is 2.15. The van der Waals surface area contributed by atoms with E-state index in [0.29, 0.717) is 26.1 Å². The van der Waals surface area contributed by atoms with Crippen LogP contribution in [0.3, 0.4) is 0 Å². The van der Waals surface area contributed by atoms with Crippen LogP contribution in [0, 0.1) is 0 Å². The summed E-state index contributed by atoms with van der Waals surface area (Å²) in [6.07, 6.45) is -3.75. The van der Waals surface area contributed by atoms with Crippen molar-refractivity contribution in [2.75, 3.05) is 18.5 Å². The van der Waals surface area contributed by atoms with Crippen molar-refractivity contribution in [3.63, 3.8) is 0 Å². The molecule has 1 heterocycles. The van der Waals surface area contributed by atoms with Gasteiger partial charge in [0.25, 0.3) is 0 Å². The number of nitrogens with one attached hydrogen (secondary N) is 1. The van der Waals surface area contributed by atoms with E-state index >= 15 is 0 Å². The van der Waals surface area contributed by atoms with Gasteiger partial charge in [-0.3, -0.25) is 4.79 Å². The fourth-order valence-corrected chi connectivity index (χ4v) is 1.99. The Morgan fingerprint density at radius 1 is 1.30 bits per heavy atom. The second-order valence-electron chi connectivity index (χ2n) is 4.80. The van der Waals surface area contributed by atoms with Crippen molar-refractivity contribution < 1.29 is 22.7 Å². The Bertz CT molecular complexity index is 497. The molecule has 4 nitrogen and oxygen atoms in total. The van der Waals surface area contributed by atoms with E-state index in [1.54, 1.807) is 0 Å². The standard InChI is InChI=1S/C13H15F3N2O2/c14-13(15,16)9-2-1-3-10(8-9)18-11(19)12(17)4-6-20-7-5-12/h1-3,8H,4-7,17H2,(H,18,19). The molecule has 0 spiro atoms. The van der Waals surface area contributed by atoms with Gasteiger partial charge in [0.05, 0.1) is 5.56 Å². The first kappa shape index (κ1) is 14.8. The molecule has 0 unspecified atom stereocenters. The molecule has 0 radical (unpaired) electrons. The van der Waals surface area contributed by atoms with E-state index in [1.807, 2.05) is 0 Å². The normalized spacial score (nSPS) is 18.6. The average molecular weight is 288 g/mol. The zero-order valence-corrected chi connectivity index (χ0v) is 10.7. The number of rotatable bonds is 2. The van der Waals surface area contributed by atoms with Crippen molar-refractivity contribution >= 4 is 11.6 Å². The van der Waals surface area contributed by atoms with Crippen LogP contribution < -0.4 is 11.1 Å². The molecule has 7 heteroatoms. The molecular formula is C13H15F3N2O2. The molecule has 1 amide bonds. The Hall–Kier alpha value is -1.60. The van der Waals surface area contributed by atoms with Gasteiger partial charge in [-0.2, -0.15) is 13.2 Å². The van der Waals surface area contributed by atoms with Crippen molar-refractivity contribution in [3.8, 4) is 0 Å². The Balaban J connectivity index is 2.12. The van der Waals surface area contributed by atoms with Crippen LogP contribution in [-0.2, 0) is 15.7 Å². The zero-order chi connectivity index (χ0) is 14.8. The maximum Gasteiger partial charge on any atom is 0.416 e. The lowest BCUT2D eigenvalue weighted by Crippen LogP contribution is -2.54. The molecule has 0 aromatic heterocycles. The van der Waals surface area contributed by atoms with Gasteiger partial charge in [0, 0.05) is 18.9 Å². The van der Waals surface area contributed by atoms with E-state index in [-0.39, 0.29) is 5.69 Å². The van der Waals surface area contributed by atoms with E-state index in [9.17, 15) is 18.0 Å². The topological polar surface area (TPSA) is 64.4 Å². The number of benzene rings is 1. The highest BCUT2D eigenvalue weighted by Gasteiger charge is 2.36. The first-order valence-electron chi connectivity index (χ1n) is 6.17. The van der Waals surface area contributed by atoms with E-state index < -0.39 is 23.2 Å². The van der Waals surface area contributed by atoms with Gasteiger partial charge in [0.1, 0.15) is 5.54 Å². The highest BCUT2D eigenvalue weighted by molar-refractivity contribution is 5.98. The number of hydrogen-bond donors (Lipinski definition) is 2. The highest BCUT2D eigenvalue weighted by Crippen LogP contribution is 2.31. The molecule has 1 aromatic rings. The largest absolute Gasteiger partial charge is 0.416 e.